The second-order valence-electron chi connectivity index (χ2n) is 5.19. The number of ketones is 1. The first kappa shape index (κ1) is 11.7. The third kappa shape index (κ3) is 3.81. The van der Waals surface area contributed by atoms with Gasteiger partial charge in [-0.3, -0.25) is 4.79 Å². The summed E-state index contributed by atoms with van der Waals surface area (Å²) < 4.78 is 0. The highest BCUT2D eigenvalue weighted by Gasteiger charge is 2.30. The van der Waals surface area contributed by atoms with E-state index < -0.39 is 0 Å². The molecule has 0 aromatic carbocycles. The number of unbranched alkanes of at least 4 members (excludes halogenated alkanes) is 3. The third-order valence-corrected chi connectivity index (χ3v) is 3.49. The SMILES string of the molecule is CCCCCCC1(C)CCCC(=O)C1. The Kier molecular flexibility index (Phi) is 4.64. The molecular formula is C13H24O. The zero-order valence-corrected chi connectivity index (χ0v) is 9.77. The van der Waals surface area contributed by atoms with Crippen LogP contribution in [0.4, 0.5) is 0 Å². The first-order chi connectivity index (χ1) is 6.66. The van der Waals surface area contributed by atoms with Gasteiger partial charge >= 0.3 is 0 Å². The minimum Gasteiger partial charge on any atom is -0.300 e. The molecule has 1 fully saturated rings. The highest BCUT2D eigenvalue weighted by atomic mass is 16.1. The van der Waals surface area contributed by atoms with E-state index in [0.717, 1.165) is 19.3 Å². The van der Waals surface area contributed by atoms with Gasteiger partial charge in [0.2, 0.25) is 0 Å². The zero-order valence-electron chi connectivity index (χ0n) is 9.77. The fourth-order valence-electron chi connectivity index (χ4n) is 2.56. The molecule has 0 amide bonds. The molecule has 14 heavy (non-hydrogen) atoms. The Morgan fingerprint density at radius 2 is 2.07 bits per heavy atom. The van der Waals surface area contributed by atoms with Gasteiger partial charge in [0.05, 0.1) is 0 Å². The van der Waals surface area contributed by atoms with E-state index in [1.54, 1.807) is 0 Å². The van der Waals surface area contributed by atoms with Gasteiger partial charge in [0, 0.05) is 12.8 Å². The second kappa shape index (κ2) is 5.53. The van der Waals surface area contributed by atoms with Crippen LogP contribution in [0.5, 0.6) is 0 Å². The van der Waals surface area contributed by atoms with Crippen LogP contribution in [0.2, 0.25) is 0 Å². The summed E-state index contributed by atoms with van der Waals surface area (Å²) in [6.07, 6.45) is 10.7. The van der Waals surface area contributed by atoms with Crippen LogP contribution in [0.1, 0.15) is 71.6 Å². The maximum Gasteiger partial charge on any atom is 0.133 e. The van der Waals surface area contributed by atoms with Crippen LogP contribution in [0.15, 0.2) is 0 Å². The van der Waals surface area contributed by atoms with E-state index in [9.17, 15) is 4.79 Å². The van der Waals surface area contributed by atoms with Gasteiger partial charge in [-0.15, -0.1) is 0 Å². The fourth-order valence-corrected chi connectivity index (χ4v) is 2.56. The van der Waals surface area contributed by atoms with Crippen molar-refractivity contribution in [1.82, 2.24) is 0 Å². The largest absolute Gasteiger partial charge is 0.300 e. The maximum absolute atomic E-state index is 11.4. The summed E-state index contributed by atoms with van der Waals surface area (Å²) in [5.41, 5.74) is 0.350. The number of rotatable bonds is 5. The highest BCUT2D eigenvalue weighted by Crippen LogP contribution is 2.38. The van der Waals surface area contributed by atoms with Crippen LogP contribution in [0, 0.1) is 5.41 Å². The monoisotopic (exact) mass is 196 g/mol. The molecule has 1 atom stereocenters. The number of Topliss-reactive ketones (excluding diaryl/α,β-unsaturated/α-hetero) is 1. The molecule has 1 saturated carbocycles. The lowest BCUT2D eigenvalue weighted by molar-refractivity contribution is -0.123. The molecule has 0 N–H and O–H groups in total. The molecule has 0 bridgehead atoms. The smallest absolute Gasteiger partial charge is 0.133 e. The first-order valence-corrected chi connectivity index (χ1v) is 6.18. The maximum atomic E-state index is 11.4. The lowest BCUT2D eigenvalue weighted by atomic mass is 9.72. The fraction of sp³-hybridized carbons (Fsp3) is 0.923. The summed E-state index contributed by atoms with van der Waals surface area (Å²) in [6, 6.07) is 0. The molecule has 0 spiro atoms. The van der Waals surface area contributed by atoms with Gasteiger partial charge in [-0.1, -0.05) is 39.5 Å². The van der Waals surface area contributed by atoms with Crippen molar-refractivity contribution in [3.05, 3.63) is 0 Å². The Bertz CT molecular complexity index is 186. The van der Waals surface area contributed by atoms with Crippen LogP contribution in [0.25, 0.3) is 0 Å². The van der Waals surface area contributed by atoms with E-state index in [4.69, 9.17) is 0 Å². The van der Waals surface area contributed by atoms with Crippen LogP contribution in [0.3, 0.4) is 0 Å². The quantitative estimate of drug-likeness (QED) is 0.605. The molecule has 0 aromatic heterocycles. The van der Waals surface area contributed by atoms with Crippen molar-refractivity contribution in [2.75, 3.05) is 0 Å². The van der Waals surface area contributed by atoms with Gasteiger partial charge < -0.3 is 0 Å². The Hall–Kier alpha value is -0.330. The minimum absolute atomic E-state index is 0.350. The Morgan fingerprint density at radius 1 is 1.29 bits per heavy atom. The average Bonchev–Trinajstić information content (AvgIpc) is 2.12. The van der Waals surface area contributed by atoms with E-state index >= 15 is 0 Å². The Balaban J connectivity index is 2.23. The van der Waals surface area contributed by atoms with Crippen LogP contribution >= 0.6 is 0 Å². The lowest BCUT2D eigenvalue weighted by Gasteiger charge is -2.32. The molecule has 1 heteroatoms. The molecule has 0 radical (unpaired) electrons. The molecule has 82 valence electrons. The standard InChI is InChI=1S/C13H24O/c1-3-4-5-6-9-13(2)10-7-8-12(14)11-13/h3-11H2,1-2H3. The van der Waals surface area contributed by atoms with E-state index in [1.165, 1.54) is 38.5 Å². The summed E-state index contributed by atoms with van der Waals surface area (Å²) in [7, 11) is 0. The average molecular weight is 196 g/mol. The number of hydrogen-bond donors (Lipinski definition) is 0. The normalized spacial score (nSPS) is 28.0. The summed E-state index contributed by atoms with van der Waals surface area (Å²) >= 11 is 0. The summed E-state index contributed by atoms with van der Waals surface area (Å²) in [6.45, 7) is 4.54. The predicted molar refractivity (Wildman–Crippen MR) is 60.3 cm³/mol. The van der Waals surface area contributed by atoms with Crippen LogP contribution in [-0.2, 0) is 4.79 Å². The minimum atomic E-state index is 0.350. The second-order valence-corrected chi connectivity index (χ2v) is 5.19. The topological polar surface area (TPSA) is 17.1 Å². The van der Waals surface area contributed by atoms with E-state index in [0.29, 0.717) is 11.2 Å². The summed E-state index contributed by atoms with van der Waals surface area (Å²) in [5.74, 6) is 0.495. The zero-order chi connectivity index (χ0) is 10.4. The third-order valence-electron chi connectivity index (χ3n) is 3.49. The lowest BCUT2D eigenvalue weighted by Crippen LogP contribution is -2.25. The van der Waals surface area contributed by atoms with Gasteiger partial charge in [0.15, 0.2) is 0 Å². The molecule has 0 heterocycles. The van der Waals surface area contributed by atoms with Gasteiger partial charge in [-0.25, -0.2) is 0 Å². The van der Waals surface area contributed by atoms with Crippen molar-refractivity contribution in [2.24, 2.45) is 5.41 Å². The van der Waals surface area contributed by atoms with Gasteiger partial charge in [0.25, 0.3) is 0 Å². The van der Waals surface area contributed by atoms with Crippen LogP contribution in [-0.4, -0.2) is 5.78 Å². The van der Waals surface area contributed by atoms with Crippen molar-refractivity contribution in [3.63, 3.8) is 0 Å². The number of carbonyl (C=O) groups is 1. The summed E-state index contributed by atoms with van der Waals surface area (Å²) in [4.78, 5) is 11.4. The molecular weight excluding hydrogens is 172 g/mol. The van der Waals surface area contributed by atoms with E-state index in [2.05, 4.69) is 13.8 Å². The van der Waals surface area contributed by atoms with Gasteiger partial charge in [-0.05, 0) is 24.7 Å². The van der Waals surface area contributed by atoms with E-state index in [1.807, 2.05) is 0 Å². The van der Waals surface area contributed by atoms with Gasteiger partial charge in [0.1, 0.15) is 5.78 Å². The Labute approximate surface area is 88.3 Å². The van der Waals surface area contributed by atoms with Crippen LogP contribution < -0.4 is 0 Å². The summed E-state index contributed by atoms with van der Waals surface area (Å²) in [5, 5.41) is 0. The van der Waals surface area contributed by atoms with Crippen molar-refractivity contribution in [1.29, 1.82) is 0 Å². The first-order valence-electron chi connectivity index (χ1n) is 6.18. The van der Waals surface area contributed by atoms with Gasteiger partial charge in [-0.2, -0.15) is 0 Å². The van der Waals surface area contributed by atoms with Crippen molar-refractivity contribution in [2.45, 2.75) is 71.6 Å². The molecule has 1 aliphatic carbocycles. The molecule has 1 aliphatic rings. The van der Waals surface area contributed by atoms with E-state index in [-0.39, 0.29) is 0 Å². The van der Waals surface area contributed by atoms with Crippen molar-refractivity contribution in [3.8, 4) is 0 Å². The molecule has 0 saturated heterocycles. The number of hydrogen-bond acceptors (Lipinski definition) is 1. The molecule has 0 aromatic rings. The van der Waals surface area contributed by atoms with Crippen molar-refractivity contribution >= 4 is 5.78 Å². The highest BCUT2D eigenvalue weighted by molar-refractivity contribution is 5.79. The molecule has 1 nitrogen and oxygen atoms in total. The molecule has 1 unspecified atom stereocenters. The van der Waals surface area contributed by atoms with Crippen molar-refractivity contribution < 1.29 is 4.79 Å². The Morgan fingerprint density at radius 3 is 2.71 bits per heavy atom. The predicted octanol–water partition coefficient (Wildman–Crippen LogP) is 4.11. The molecule has 0 aliphatic heterocycles. The molecule has 1 rings (SSSR count). The number of carbonyl (C=O) groups excluding carboxylic acids is 1.